The number of carbonyl (C=O) groups is 1. The van der Waals surface area contributed by atoms with Crippen LogP contribution in [0.5, 0.6) is 5.88 Å². The number of hydrogen-bond acceptors (Lipinski definition) is 4. The quantitative estimate of drug-likeness (QED) is 0.498. The SMILES string of the molecule is Cc1ccc2nc(O[C@H]3CN(C(=O)c4cccn5ccnc45)CCC3(F)F)ccc2c1. The van der Waals surface area contributed by atoms with Gasteiger partial charge in [-0.1, -0.05) is 11.6 Å². The van der Waals surface area contributed by atoms with Crippen LogP contribution < -0.4 is 4.74 Å². The minimum absolute atomic E-state index is 0.0577. The second kappa shape index (κ2) is 7.30. The molecule has 1 amide bonds. The molecule has 6 nitrogen and oxygen atoms in total. The summed E-state index contributed by atoms with van der Waals surface area (Å²) in [7, 11) is 0. The minimum atomic E-state index is -3.07. The van der Waals surface area contributed by atoms with Crippen molar-refractivity contribution in [2.75, 3.05) is 13.1 Å². The highest BCUT2D eigenvalue weighted by molar-refractivity contribution is 5.99. The monoisotopic (exact) mass is 422 g/mol. The number of carbonyl (C=O) groups excluding carboxylic acids is 1. The van der Waals surface area contributed by atoms with E-state index in [0.29, 0.717) is 16.7 Å². The number of imidazole rings is 1. The molecule has 0 saturated carbocycles. The van der Waals surface area contributed by atoms with Crippen molar-refractivity contribution in [2.45, 2.75) is 25.4 Å². The topological polar surface area (TPSA) is 59.7 Å². The molecule has 0 bridgehead atoms. The van der Waals surface area contributed by atoms with Crippen LogP contribution in [0.4, 0.5) is 8.78 Å². The highest BCUT2D eigenvalue weighted by atomic mass is 19.3. The highest BCUT2D eigenvalue weighted by Gasteiger charge is 2.47. The molecule has 4 aromatic rings. The fraction of sp³-hybridized carbons (Fsp3) is 0.261. The number of hydrogen-bond donors (Lipinski definition) is 0. The highest BCUT2D eigenvalue weighted by Crippen LogP contribution is 2.32. The Morgan fingerprint density at radius 2 is 2.06 bits per heavy atom. The molecule has 0 spiro atoms. The Hall–Kier alpha value is -3.55. The number of likely N-dealkylation sites (tertiary alicyclic amines) is 1. The molecule has 0 aliphatic carbocycles. The molecule has 1 atom stereocenters. The molecule has 158 valence electrons. The zero-order valence-corrected chi connectivity index (χ0v) is 16.8. The molecular formula is C23H20F2N4O2. The maximum absolute atomic E-state index is 14.7. The van der Waals surface area contributed by atoms with Gasteiger partial charge < -0.3 is 14.0 Å². The van der Waals surface area contributed by atoms with Crippen molar-refractivity contribution in [1.82, 2.24) is 19.3 Å². The summed E-state index contributed by atoms with van der Waals surface area (Å²) in [5.74, 6) is -3.30. The fourth-order valence-corrected chi connectivity index (χ4v) is 3.90. The minimum Gasteiger partial charge on any atom is -0.466 e. The predicted octanol–water partition coefficient (Wildman–Crippen LogP) is 4.12. The van der Waals surface area contributed by atoms with Crippen LogP contribution in [0, 0.1) is 6.92 Å². The Balaban J connectivity index is 1.40. The Kier molecular flexibility index (Phi) is 4.57. The predicted molar refractivity (Wildman–Crippen MR) is 112 cm³/mol. The smallest absolute Gasteiger partial charge is 0.287 e. The number of piperidine rings is 1. The lowest BCUT2D eigenvalue weighted by molar-refractivity contribution is -0.131. The van der Waals surface area contributed by atoms with Crippen molar-refractivity contribution in [3.05, 3.63) is 72.2 Å². The van der Waals surface area contributed by atoms with E-state index in [1.165, 1.54) is 4.90 Å². The number of aromatic nitrogens is 3. The normalized spacial score (nSPS) is 18.4. The summed E-state index contributed by atoms with van der Waals surface area (Å²) in [6.45, 7) is 1.68. The van der Waals surface area contributed by atoms with Gasteiger partial charge in [0.25, 0.3) is 11.8 Å². The number of amides is 1. The molecule has 3 aromatic heterocycles. The lowest BCUT2D eigenvalue weighted by Crippen LogP contribution is -2.55. The van der Waals surface area contributed by atoms with Crippen molar-refractivity contribution >= 4 is 22.5 Å². The van der Waals surface area contributed by atoms with Gasteiger partial charge in [-0.2, -0.15) is 0 Å². The maximum Gasteiger partial charge on any atom is 0.287 e. The lowest BCUT2D eigenvalue weighted by Gasteiger charge is -2.38. The van der Waals surface area contributed by atoms with Gasteiger partial charge in [0, 0.05) is 43.0 Å². The lowest BCUT2D eigenvalue weighted by atomic mass is 10.0. The number of aryl methyl sites for hydroxylation is 1. The van der Waals surface area contributed by atoms with Gasteiger partial charge in [-0.25, -0.2) is 18.7 Å². The summed E-state index contributed by atoms with van der Waals surface area (Å²) in [6, 6.07) is 12.5. The van der Waals surface area contributed by atoms with E-state index in [2.05, 4.69) is 9.97 Å². The third-order valence-corrected chi connectivity index (χ3v) is 5.59. The molecule has 1 saturated heterocycles. The molecular weight excluding hydrogens is 402 g/mol. The average molecular weight is 422 g/mol. The average Bonchev–Trinajstić information content (AvgIpc) is 3.24. The molecule has 4 heterocycles. The van der Waals surface area contributed by atoms with Crippen molar-refractivity contribution in [2.24, 2.45) is 0 Å². The Morgan fingerprint density at radius 3 is 2.94 bits per heavy atom. The number of alkyl halides is 2. The van der Waals surface area contributed by atoms with E-state index in [0.717, 1.165) is 10.9 Å². The molecule has 1 aliphatic rings. The standard InChI is InChI=1S/C23H20F2N4O2/c1-15-4-6-18-16(13-15)5-7-20(27-18)31-19-14-29(11-8-23(19,24)25)22(30)17-3-2-10-28-12-9-26-21(17)28/h2-7,9-10,12-13,19H,8,11,14H2,1H3/t19-/m0/s1. The molecule has 8 heteroatoms. The van der Waals surface area contributed by atoms with Gasteiger partial charge in [0.15, 0.2) is 6.10 Å². The first-order valence-electron chi connectivity index (χ1n) is 10.0. The van der Waals surface area contributed by atoms with Gasteiger partial charge >= 0.3 is 0 Å². The van der Waals surface area contributed by atoms with Crippen LogP contribution in [0.1, 0.15) is 22.3 Å². The van der Waals surface area contributed by atoms with Crippen LogP contribution >= 0.6 is 0 Å². The first kappa shape index (κ1) is 19.4. The Bertz CT molecular complexity index is 1290. The molecule has 0 unspecified atom stereocenters. The van der Waals surface area contributed by atoms with Gasteiger partial charge in [0.05, 0.1) is 17.6 Å². The number of benzene rings is 1. The second-order valence-corrected chi connectivity index (χ2v) is 7.79. The van der Waals surface area contributed by atoms with Crippen molar-refractivity contribution in [3.8, 4) is 5.88 Å². The van der Waals surface area contributed by atoms with E-state index in [4.69, 9.17) is 4.74 Å². The summed E-state index contributed by atoms with van der Waals surface area (Å²) in [6.07, 6.45) is 3.14. The number of rotatable bonds is 3. The summed E-state index contributed by atoms with van der Waals surface area (Å²) >= 11 is 0. The van der Waals surface area contributed by atoms with Gasteiger partial charge in [0.2, 0.25) is 5.88 Å². The second-order valence-electron chi connectivity index (χ2n) is 7.79. The number of nitrogens with zero attached hydrogens (tertiary/aromatic N) is 4. The Labute approximate surface area is 177 Å². The van der Waals surface area contributed by atoms with E-state index in [1.807, 2.05) is 25.1 Å². The molecule has 1 fully saturated rings. The molecule has 0 radical (unpaired) electrons. The number of ether oxygens (including phenoxy) is 1. The van der Waals surface area contributed by atoms with E-state index in [1.54, 1.807) is 47.3 Å². The molecule has 5 rings (SSSR count). The summed E-state index contributed by atoms with van der Waals surface area (Å²) in [5, 5.41) is 0.910. The Morgan fingerprint density at radius 1 is 1.19 bits per heavy atom. The zero-order valence-electron chi connectivity index (χ0n) is 16.8. The van der Waals surface area contributed by atoms with Crippen molar-refractivity contribution < 1.29 is 18.3 Å². The molecule has 1 aliphatic heterocycles. The van der Waals surface area contributed by atoms with Crippen LogP contribution in [0.3, 0.4) is 0 Å². The van der Waals surface area contributed by atoms with E-state index in [-0.39, 0.29) is 24.9 Å². The molecule has 1 aromatic carbocycles. The molecule has 31 heavy (non-hydrogen) atoms. The van der Waals surface area contributed by atoms with E-state index in [9.17, 15) is 13.6 Å². The van der Waals surface area contributed by atoms with Crippen molar-refractivity contribution in [3.63, 3.8) is 0 Å². The zero-order chi connectivity index (χ0) is 21.6. The van der Waals surface area contributed by atoms with E-state index >= 15 is 0 Å². The van der Waals surface area contributed by atoms with Crippen LogP contribution in [0.25, 0.3) is 16.6 Å². The summed E-state index contributed by atoms with van der Waals surface area (Å²) in [5.41, 5.74) is 2.62. The van der Waals surface area contributed by atoms with Crippen LogP contribution in [0.15, 0.2) is 61.1 Å². The van der Waals surface area contributed by atoms with Crippen LogP contribution in [-0.4, -0.2) is 50.3 Å². The van der Waals surface area contributed by atoms with Crippen LogP contribution in [0.2, 0.25) is 0 Å². The van der Waals surface area contributed by atoms with Gasteiger partial charge in [-0.15, -0.1) is 0 Å². The first-order valence-corrected chi connectivity index (χ1v) is 10.0. The molecule has 0 N–H and O–H groups in total. The van der Waals surface area contributed by atoms with E-state index < -0.39 is 18.4 Å². The van der Waals surface area contributed by atoms with Gasteiger partial charge in [0.1, 0.15) is 5.65 Å². The third-order valence-electron chi connectivity index (χ3n) is 5.59. The number of halogens is 2. The summed E-state index contributed by atoms with van der Waals surface area (Å²) < 4.78 is 36.7. The van der Waals surface area contributed by atoms with Crippen molar-refractivity contribution in [1.29, 1.82) is 0 Å². The summed E-state index contributed by atoms with van der Waals surface area (Å²) in [4.78, 5) is 23.1. The number of pyridine rings is 2. The van der Waals surface area contributed by atoms with Gasteiger partial charge in [-0.3, -0.25) is 4.79 Å². The fourth-order valence-electron chi connectivity index (χ4n) is 3.90. The van der Waals surface area contributed by atoms with Crippen LogP contribution in [-0.2, 0) is 0 Å². The third kappa shape index (κ3) is 3.58. The first-order chi connectivity index (χ1) is 14.9. The number of fused-ring (bicyclic) bond motifs is 2. The maximum atomic E-state index is 14.7. The largest absolute Gasteiger partial charge is 0.466 e. The van der Waals surface area contributed by atoms with Gasteiger partial charge in [-0.05, 0) is 37.3 Å².